The van der Waals surface area contributed by atoms with Crippen molar-refractivity contribution in [1.29, 1.82) is 0 Å². The highest BCUT2D eigenvalue weighted by atomic mass is 16.5. The molecule has 0 saturated heterocycles. The van der Waals surface area contributed by atoms with Crippen molar-refractivity contribution in [2.24, 2.45) is 0 Å². The van der Waals surface area contributed by atoms with Crippen LogP contribution in [0.4, 0.5) is 5.69 Å². The highest BCUT2D eigenvalue weighted by Crippen LogP contribution is 2.19. The SMILES string of the molecule is CCOc1ccccc1/C=C/C(=O)Nc1ccc(C(C)=O)cc1. The number of carbonyl (C=O) groups is 2. The van der Waals surface area contributed by atoms with Gasteiger partial charge in [-0.1, -0.05) is 18.2 Å². The summed E-state index contributed by atoms with van der Waals surface area (Å²) in [6.07, 6.45) is 3.17. The molecule has 2 rings (SSSR count). The molecule has 2 aromatic carbocycles. The Balaban J connectivity index is 2.03. The lowest BCUT2D eigenvalue weighted by molar-refractivity contribution is -0.111. The van der Waals surface area contributed by atoms with Gasteiger partial charge in [-0.05, 0) is 50.3 Å². The lowest BCUT2D eigenvalue weighted by Gasteiger charge is -2.06. The Morgan fingerprint density at radius 2 is 1.78 bits per heavy atom. The van der Waals surface area contributed by atoms with Crippen molar-refractivity contribution >= 4 is 23.5 Å². The molecular weight excluding hydrogens is 290 g/mol. The Labute approximate surface area is 135 Å². The first-order valence-corrected chi connectivity index (χ1v) is 7.42. The molecule has 2 aromatic rings. The number of amides is 1. The van der Waals surface area contributed by atoms with E-state index in [2.05, 4.69) is 5.32 Å². The zero-order chi connectivity index (χ0) is 16.7. The van der Waals surface area contributed by atoms with E-state index in [4.69, 9.17) is 4.74 Å². The minimum Gasteiger partial charge on any atom is -0.493 e. The molecule has 0 spiro atoms. The monoisotopic (exact) mass is 309 g/mol. The highest BCUT2D eigenvalue weighted by Gasteiger charge is 2.02. The Hall–Kier alpha value is -2.88. The first-order valence-electron chi connectivity index (χ1n) is 7.42. The van der Waals surface area contributed by atoms with Crippen LogP contribution < -0.4 is 10.1 Å². The van der Waals surface area contributed by atoms with E-state index in [0.29, 0.717) is 17.9 Å². The predicted octanol–water partition coefficient (Wildman–Crippen LogP) is 3.94. The molecule has 1 N–H and O–H groups in total. The van der Waals surface area contributed by atoms with Crippen LogP contribution in [0.5, 0.6) is 5.75 Å². The van der Waals surface area contributed by atoms with Crippen molar-refractivity contribution in [3.8, 4) is 5.75 Å². The number of nitrogens with one attached hydrogen (secondary N) is 1. The van der Waals surface area contributed by atoms with Crippen LogP contribution in [0.1, 0.15) is 29.8 Å². The van der Waals surface area contributed by atoms with E-state index in [-0.39, 0.29) is 11.7 Å². The molecule has 0 aliphatic heterocycles. The van der Waals surface area contributed by atoms with E-state index in [1.807, 2.05) is 31.2 Å². The largest absolute Gasteiger partial charge is 0.493 e. The van der Waals surface area contributed by atoms with Crippen LogP contribution in [0.2, 0.25) is 0 Å². The van der Waals surface area contributed by atoms with E-state index in [9.17, 15) is 9.59 Å². The van der Waals surface area contributed by atoms with Gasteiger partial charge in [-0.15, -0.1) is 0 Å². The van der Waals surface area contributed by atoms with Crippen molar-refractivity contribution in [3.63, 3.8) is 0 Å². The van der Waals surface area contributed by atoms with E-state index in [1.54, 1.807) is 30.3 Å². The zero-order valence-corrected chi connectivity index (χ0v) is 13.2. The summed E-state index contributed by atoms with van der Waals surface area (Å²) in [4.78, 5) is 23.2. The van der Waals surface area contributed by atoms with E-state index in [1.165, 1.54) is 13.0 Å². The van der Waals surface area contributed by atoms with Gasteiger partial charge in [0.2, 0.25) is 5.91 Å². The average Bonchev–Trinajstić information content (AvgIpc) is 2.55. The third-order valence-electron chi connectivity index (χ3n) is 3.19. The molecule has 0 unspecified atom stereocenters. The second-order valence-corrected chi connectivity index (χ2v) is 4.93. The number of rotatable bonds is 6. The summed E-state index contributed by atoms with van der Waals surface area (Å²) >= 11 is 0. The maximum absolute atomic E-state index is 12.0. The topological polar surface area (TPSA) is 55.4 Å². The van der Waals surface area contributed by atoms with Gasteiger partial charge in [0.05, 0.1) is 6.61 Å². The van der Waals surface area contributed by atoms with Crippen LogP contribution in [0.15, 0.2) is 54.6 Å². The normalized spacial score (nSPS) is 10.5. The maximum Gasteiger partial charge on any atom is 0.248 e. The summed E-state index contributed by atoms with van der Waals surface area (Å²) in [5.41, 5.74) is 2.10. The molecule has 118 valence electrons. The van der Waals surface area contributed by atoms with Gasteiger partial charge in [0, 0.05) is 22.9 Å². The molecule has 4 nitrogen and oxygen atoms in total. The summed E-state index contributed by atoms with van der Waals surface area (Å²) in [7, 11) is 0. The Morgan fingerprint density at radius 3 is 2.43 bits per heavy atom. The molecule has 0 aliphatic carbocycles. The third-order valence-corrected chi connectivity index (χ3v) is 3.19. The lowest BCUT2D eigenvalue weighted by atomic mass is 10.1. The minimum atomic E-state index is -0.244. The summed E-state index contributed by atoms with van der Waals surface area (Å²) in [5, 5.41) is 2.75. The van der Waals surface area contributed by atoms with Crippen LogP contribution in [0, 0.1) is 0 Å². The summed E-state index contributed by atoms with van der Waals surface area (Å²) in [6.45, 7) is 3.99. The molecule has 0 bridgehead atoms. The van der Waals surface area contributed by atoms with Gasteiger partial charge >= 0.3 is 0 Å². The second kappa shape index (κ2) is 7.94. The highest BCUT2D eigenvalue weighted by molar-refractivity contribution is 6.02. The average molecular weight is 309 g/mol. The summed E-state index contributed by atoms with van der Waals surface area (Å²) < 4.78 is 5.51. The number of hydrogen-bond donors (Lipinski definition) is 1. The number of benzene rings is 2. The van der Waals surface area contributed by atoms with Crippen LogP contribution in [-0.2, 0) is 4.79 Å². The molecule has 0 fully saturated rings. The van der Waals surface area contributed by atoms with Crippen LogP contribution in [-0.4, -0.2) is 18.3 Å². The molecule has 1 amide bonds. The lowest BCUT2D eigenvalue weighted by Crippen LogP contribution is -2.08. The van der Waals surface area contributed by atoms with Crippen molar-refractivity contribution in [2.75, 3.05) is 11.9 Å². The molecule has 0 atom stereocenters. The first-order chi connectivity index (χ1) is 11.1. The van der Waals surface area contributed by atoms with Crippen molar-refractivity contribution in [2.45, 2.75) is 13.8 Å². The van der Waals surface area contributed by atoms with E-state index in [0.717, 1.165) is 11.3 Å². The number of ketones is 1. The van der Waals surface area contributed by atoms with Gasteiger partial charge in [-0.3, -0.25) is 9.59 Å². The number of Topliss-reactive ketones (excluding diaryl/α,β-unsaturated/α-hetero) is 1. The minimum absolute atomic E-state index is 0.00435. The molecule has 4 heteroatoms. The second-order valence-electron chi connectivity index (χ2n) is 4.93. The van der Waals surface area contributed by atoms with Crippen LogP contribution in [0.3, 0.4) is 0 Å². The molecule has 23 heavy (non-hydrogen) atoms. The van der Waals surface area contributed by atoms with Crippen molar-refractivity contribution < 1.29 is 14.3 Å². The van der Waals surface area contributed by atoms with Crippen molar-refractivity contribution in [3.05, 3.63) is 65.7 Å². The summed E-state index contributed by atoms with van der Waals surface area (Å²) in [5.74, 6) is 0.493. The smallest absolute Gasteiger partial charge is 0.248 e. The van der Waals surface area contributed by atoms with Gasteiger partial charge in [0.1, 0.15) is 5.75 Å². The van der Waals surface area contributed by atoms with Gasteiger partial charge < -0.3 is 10.1 Å². The predicted molar refractivity (Wildman–Crippen MR) is 91.7 cm³/mol. The van der Waals surface area contributed by atoms with Gasteiger partial charge in [0.25, 0.3) is 0 Å². The molecule has 0 aliphatic rings. The zero-order valence-electron chi connectivity index (χ0n) is 13.2. The number of carbonyl (C=O) groups excluding carboxylic acids is 2. The standard InChI is InChI=1S/C19H19NO3/c1-3-23-18-7-5-4-6-16(18)10-13-19(22)20-17-11-8-15(9-12-17)14(2)21/h4-13H,3H2,1-2H3,(H,20,22)/b13-10+. The fraction of sp³-hybridized carbons (Fsp3) is 0.158. The molecular formula is C19H19NO3. The fourth-order valence-corrected chi connectivity index (χ4v) is 2.04. The quantitative estimate of drug-likeness (QED) is 0.649. The van der Waals surface area contributed by atoms with Gasteiger partial charge in [-0.2, -0.15) is 0 Å². The molecule has 0 heterocycles. The Morgan fingerprint density at radius 1 is 1.09 bits per heavy atom. The first kappa shape index (κ1) is 16.5. The third kappa shape index (κ3) is 4.81. The fourth-order valence-electron chi connectivity index (χ4n) is 2.04. The molecule has 0 aromatic heterocycles. The van der Waals surface area contributed by atoms with Gasteiger partial charge in [-0.25, -0.2) is 0 Å². The van der Waals surface area contributed by atoms with Gasteiger partial charge in [0.15, 0.2) is 5.78 Å². The molecule has 0 saturated carbocycles. The molecule has 0 radical (unpaired) electrons. The maximum atomic E-state index is 12.0. The number of hydrogen-bond acceptors (Lipinski definition) is 3. The van der Waals surface area contributed by atoms with Crippen LogP contribution in [0.25, 0.3) is 6.08 Å². The number of anilines is 1. The Kier molecular flexibility index (Phi) is 5.69. The summed E-state index contributed by atoms with van der Waals surface area (Å²) in [6, 6.07) is 14.3. The van der Waals surface area contributed by atoms with E-state index < -0.39 is 0 Å². The van der Waals surface area contributed by atoms with Crippen molar-refractivity contribution in [1.82, 2.24) is 0 Å². The number of para-hydroxylation sites is 1. The number of ether oxygens (including phenoxy) is 1. The van der Waals surface area contributed by atoms with Crippen LogP contribution >= 0.6 is 0 Å². The van der Waals surface area contributed by atoms with E-state index >= 15 is 0 Å². The Bertz CT molecular complexity index is 718.